The summed E-state index contributed by atoms with van der Waals surface area (Å²) < 4.78 is 10.3. The standard InChI is InChI=1S/C15H20ClNO3/c1-19-14-6-4-3-5-12(14)17-13-9-10(16)7-8-11(13)15(18)20-2/h7-9,12,14,17H,3-6H2,1-2H3. The fourth-order valence-electron chi connectivity index (χ4n) is 2.67. The third-order valence-corrected chi connectivity index (χ3v) is 3.97. The highest BCUT2D eigenvalue weighted by molar-refractivity contribution is 6.31. The molecule has 5 heteroatoms. The molecule has 1 aromatic rings. The lowest BCUT2D eigenvalue weighted by Crippen LogP contribution is -2.38. The Bertz CT molecular complexity index is 478. The molecule has 1 saturated carbocycles. The van der Waals surface area contributed by atoms with Gasteiger partial charge >= 0.3 is 5.97 Å². The Hall–Kier alpha value is -1.26. The van der Waals surface area contributed by atoms with Crippen LogP contribution in [0.15, 0.2) is 18.2 Å². The summed E-state index contributed by atoms with van der Waals surface area (Å²) in [6.07, 6.45) is 4.54. The summed E-state index contributed by atoms with van der Waals surface area (Å²) in [5.41, 5.74) is 1.20. The highest BCUT2D eigenvalue weighted by Gasteiger charge is 2.26. The van der Waals surface area contributed by atoms with E-state index in [0.29, 0.717) is 16.3 Å². The van der Waals surface area contributed by atoms with Crippen molar-refractivity contribution in [3.05, 3.63) is 28.8 Å². The molecule has 0 spiro atoms. The monoisotopic (exact) mass is 297 g/mol. The maximum Gasteiger partial charge on any atom is 0.339 e. The highest BCUT2D eigenvalue weighted by atomic mass is 35.5. The van der Waals surface area contributed by atoms with E-state index in [1.54, 1.807) is 25.3 Å². The number of carbonyl (C=O) groups is 1. The Morgan fingerprint density at radius 2 is 2.05 bits per heavy atom. The van der Waals surface area contributed by atoms with Crippen molar-refractivity contribution < 1.29 is 14.3 Å². The van der Waals surface area contributed by atoms with Gasteiger partial charge in [0, 0.05) is 12.1 Å². The second-order valence-corrected chi connectivity index (χ2v) is 5.43. The third-order valence-electron chi connectivity index (χ3n) is 3.73. The summed E-state index contributed by atoms with van der Waals surface area (Å²) in [6, 6.07) is 5.32. The average molecular weight is 298 g/mol. The second kappa shape index (κ2) is 6.95. The van der Waals surface area contributed by atoms with E-state index in [1.807, 2.05) is 0 Å². The predicted octanol–water partition coefficient (Wildman–Crippen LogP) is 3.50. The molecular formula is C15H20ClNO3. The molecule has 2 rings (SSSR count). The summed E-state index contributed by atoms with van der Waals surface area (Å²) >= 11 is 6.03. The van der Waals surface area contributed by atoms with E-state index in [2.05, 4.69) is 5.32 Å². The van der Waals surface area contributed by atoms with Crippen LogP contribution < -0.4 is 5.32 Å². The maximum atomic E-state index is 11.8. The van der Waals surface area contributed by atoms with Gasteiger partial charge in [0.1, 0.15) is 0 Å². The number of hydrogen-bond acceptors (Lipinski definition) is 4. The molecule has 2 atom stereocenters. The molecule has 0 aliphatic heterocycles. The number of rotatable bonds is 4. The number of hydrogen-bond donors (Lipinski definition) is 1. The number of esters is 1. The van der Waals surface area contributed by atoms with Crippen molar-refractivity contribution >= 4 is 23.3 Å². The van der Waals surface area contributed by atoms with Crippen molar-refractivity contribution in [2.24, 2.45) is 0 Å². The second-order valence-electron chi connectivity index (χ2n) is 4.99. The van der Waals surface area contributed by atoms with Crippen LogP contribution in [0.25, 0.3) is 0 Å². The van der Waals surface area contributed by atoms with Crippen molar-refractivity contribution in [1.29, 1.82) is 0 Å². The van der Waals surface area contributed by atoms with Crippen LogP contribution in [0.3, 0.4) is 0 Å². The Balaban J connectivity index is 2.22. The van der Waals surface area contributed by atoms with E-state index >= 15 is 0 Å². The van der Waals surface area contributed by atoms with Gasteiger partial charge in [-0.25, -0.2) is 4.79 Å². The molecule has 4 nitrogen and oxygen atoms in total. The van der Waals surface area contributed by atoms with Gasteiger partial charge in [-0.15, -0.1) is 0 Å². The first kappa shape index (κ1) is 15.1. The molecule has 2 unspecified atom stereocenters. The van der Waals surface area contributed by atoms with Crippen LogP contribution in [0.1, 0.15) is 36.0 Å². The molecule has 1 aliphatic rings. The Morgan fingerprint density at radius 1 is 1.30 bits per heavy atom. The van der Waals surface area contributed by atoms with Gasteiger partial charge in [-0.1, -0.05) is 24.4 Å². The molecule has 1 N–H and O–H groups in total. The van der Waals surface area contributed by atoms with E-state index in [0.717, 1.165) is 19.3 Å². The van der Waals surface area contributed by atoms with Crippen LogP contribution in [0.2, 0.25) is 5.02 Å². The van der Waals surface area contributed by atoms with E-state index < -0.39 is 0 Å². The lowest BCUT2D eigenvalue weighted by molar-refractivity contribution is 0.0586. The first-order chi connectivity index (χ1) is 9.65. The fourth-order valence-corrected chi connectivity index (χ4v) is 2.84. The van der Waals surface area contributed by atoms with E-state index in [-0.39, 0.29) is 18.1 Å². The summed E-state index contributed by atoms with van der Waals surface area (Å²) in [7, 11) is 3.10. The quantitative estimate of drug-likeness (QED) is 0.864. The molecule has 110 valence electrons. The molecule has 1 fully saturated rings. The highest BCUT2D eigenvalue weighted by Crippen LogP contribution is 2.28. The molecule has 0 heterocycles. The zero-order valence-electron chi connectivity index (χ0n) is 11.8. The lowest BCUT2D eigenvalue weighted by atomic mass is 9.92. The number of nitrogens with one attached hydrogen (secondary N) is 1. The van der Waals surface area contributed by atoms with Gasteiger partial charge < -0.3 is 14.8 Å². The van der Waals surface area contributed by atoms with E-state index in [1.165, 1.54) is 13.5 Å². The SMILES string of the molecule is COC(=O)c1ccc(Cl)cc1NC1CCCCC1OC. The van der Waals surface area contributed by atoms with Gasteiger partial charge in [-0.05, 0) is 31.0 Å². The minimum Gasteiger partial charge on any atom is -0.465 e. The van der Waals surface area contributed by atoms with Gasteiger partial charge in [0.25, 0.3) is 0 Å². The number of halogens is 1. The number of ether oxygens (including phenoxy) is 2. The van der Waals surface area contributed by atoms with Gasteiger partial charge in [0.15, 0.2) is 0 Å². The van der Waals surface area contributed by atoms with Crippen molar-refractivity contribution in [2.45, 2.75) is 37.8 Å². The predicted molar refractivity (Wildman–Crippen MR) is 79.5 cm³/mol. The van der Waals surface area contributed by atoms with Crippen LogP contribution in [0.5, 0.6) is 0 Å². The molecule has 0 radical (unpaired) electrons. The van der Waals surface area contributed by atoms with Crippen LogP contribution in [0, 0.1) is 0 Å². The topological polar surface area (TPSA) is 47.6 Å². The van der Waals surface area contributed by atoms with Crippen LogP contribution in [0.4, 0.5) is 5.69 Å². The molecule has 1 aromatic carbocycles. The molecule has 1 aliphatic carbocycles. The number of anilines is 1. The maximum absolute atomic E-state index is 11.8. The first-order valence-electron chi connectivity index (χ1n) is 6.83. The smallest absolute Gasteiger partial charge is 0.339 e. The van der Waals surface area contributed by atoms with E-state index in [9.17, 15) is 4.79 Å². The molecule has 0 bridgehead atoms. The zero-order chi connectivity index (χ0) is 14.5. The largest absolute Gasteiger partial charge is 0.465 e. The first-order valence-corrected chi connectivity index (χ1v) is 7.20. The number of benzene rings is 1. The summed E-state index contributed by atoms with van der Waals surface area (Å²) in [5.74, 6) is -0.367. The van der Waals surface area contributed by atoms with Crippen LogP contribution in [-0.4, -0.2) is 32.3 Å². The summed E-state index contributed by atoms with van der Waals surface area (Å²) in [5, 5.41) is 3.98. The normalized spacial score (nSPS) is 22.4. The zero-order valence-corrected chi connectivity index (χ0v) is 12.6. The Kier molecular flexibility index (Phi) is 5.26. The minimum atomic E-state index is -0.367. The lowest BCUT2D eigenvalue weighted by Gasteiger charge is -2.32. The minimum absolute atomic E-state index is 0.160. The number of methoxy groups -OCH3 is 2. The van der Waals surface area contributed by atoms with E-state index in [4.69, 9.17) is 21.1 Å². The van der Waals surface area contributed by atoms with Crippen molar-refractivity contribution in [1.82, 2.24) is 0 Å². The molecule has 0 aromatic heterocycles. The fraction of sp³-hybridized carbons (Fsp3) is 0.533. The van der Waals surface area contributed by atoms with Gasteiger partial charge in [-0.2, -0.15) is 0 Å². The Labute approximate surface area is 124 Å². The molecular weight excluding hydrogens is 278 g/mol. The van der Waals surface area contributed by atoms with Crippen LogP contribution >= 0.6 is 11.6 Å². The van der Waals surface area contributed by atoms with Crippen LogP contribution in [-0.2, 0) is 9.47 Å². The summed E-state index contributed by atoms with van der Waals surface area (Å²) in [6.45, 7) is 0. The molecule has 20 heavy (non-hydrogen) atoms. The molecule has 0 saturated heterocycles. The average Bonchev–Trinajstić information content (AvgIpc) is 2.47. The van der Waals surface area contributed by atoms with Crippen molar-refractivity contribution in [2.75, 3.05) is 19.5 Å². The third kappa shape index (κ3) is 3.44. The number of carbonyl (C=O) groups excluding carboxylic acids is 1. The Morgan fingerprint density at radius 3 is 2.75 bits per heavy atom. The van der Waals surface area contributed by atoms with Crippen molar-refractivity contribution in [3.63, 3.8) is 0 Å². The van der Waals surface area contributed by atoms with Gasteiger partial charge in [-0.3, -0.25) is 0 Å². The van der Waals surface area contributed by atoms with Gasteiger partial charge in [0.05, 0.1) is 30.5 Å². The molecule has 0 amide bonds. The van der Waals surface area contributed by atoms with Gasteiger partial charge in [0.2, 0.25) is 0 Å². The summed E-state index contributed by atoms with van der Waals surface area (Å²) in [4.78, 5) is 11.8. The van der Waals surface area contributed by atoms with Crippen molar-refractivity contribution in [3.8, 4) is 0 Å².